The van der Waals surface area contributed by atoms with Crippen LogP contribution in [-0.4, -0.2) is 26.4 Å². The number of imidazole rings is 1. The zero-order chi connectivity index (χ0) is 12.5. The third-order valence-electron chi connectivity index (χ3n) is 3.40. The molecule has 1 aliphatic carbocycles. The highest BCUT2D eigenvalue weighted by Crippen LogP contribution is 2.50. The summed E-state index contributed by atoms with van der Waals surface area (Å²) in [6.45, 7) is 5.15. The number of aryl methyl sites for hydroxylation is 1. The fraction of sp³-hybridized carbons (Fsp3) is 0.667. The fourth-order valence-electron chi connectivity index (χ4n) is 2.04. The topological polar surface area (TPSA) is 55.1 Å². The lowest BCUT2D eigenvalue weighted by molar-refractivity contribution is -0.133. The van der Waals surface area contributed by atoms with E-state index in [0.29, 0.717) is 5.41 Å². The predicted molar refractivity (Wildman–Crippen MR) is 67.3 cm³/mol. The van der Waals surface area contributed by atoms with Crippen LogP contribution in [0, 0.1) is 12.3 Å². The molecule has 17 heavy (non-hydrogen) atoms. The molecule has 94 valence electrons. The number of carboxylic acids is 1. The molecule has 0 atom stereocenters. The summed E-state index contributed by atoms with van der Waals surface area (Å²) in [4.78, 5) is 15.0. The maximum atomic E-state index is 10.6. The normalized spacial score (nSPS) is 17.1. The van der Waals surface area contributed by atoms with Crippen LogP contribution in [0.4, 0.5) is 0 Å². The number of nitrogens with zero attached hydrogens (tertiary/aromatic N) is 2. The van der Waals surface area contributed by atoms with Crippen LogP contribution in [0.15, 0.2) is 11.4 Å². The monoisotopic (exact) mass is 254 g/mol. The fourth-order valence-corrected chi connectivity index (χ4v) is 2.79. The third-order valence-corrected chi connectivity index (χ3v) is 4.37. The molecule has 0 spiro atoms. The predicted octanol–water partition coefficient (Wildman–Crippen LogP) is 2.56. The van der Waals surface area contributed by atoms with Crippen LogP contribution < -0.4 is 0 Å². The Morgan fingerprint density at radius 1 is 1.65 bits per heavy atom. The summed E-state index contributed by atoms with van der Waals surface area (Å²) < 4.78 is 2.12. The first-order valence-corrected chi connectivity index (χ1v) is 6.91. The summed E-state index contributed by atoms with van der Waals surface area (Å²) in [5.41, 5.74) is 1.41. The number of rotatable bonds is 6. The molecule has 0 radical (unpaired) electrons. The molecule has 0 bridgehead atoms. The van der Waals surface area contributed by atoms with Crippen LogP contribution >= 0.6 is 11.8 Å². The van der Waals surface area contributed by atoms with E-state index in [9.17, 15) is 4.79 Å². The summed E-state index contributed by atoms with van der Waals surface area (Å²) in [6.07, 6.45) is 5.78. The molecule has 0 unspecified atom stereocenters. The van der Waals surface area contributed by atoms with Crippen molar-refractivity contribution in [1.82, 2.24) is 9.55 Å². The van der Waals surface area contributed by atoms with E-state index >= 15 is 0 Å². The average Bonchev–Trinajstić information content (AvgIpc) is 2.95. The molecule has 1 saturated carbocycles. The average molecular weight is 254 g/mol. The summed E-state index contributed by atoms with van der Waals surface area (Å²) in [6, 6.07) is 0. The maximum Gasteiger partial charge on any atom is 0.313 e. The molecule has 2 rings (SSSR count). The van der Waals surface area contributed by atoms with E-state index in [1.54, 1.807) is 0 Å². The number of aliphatic carboxylic acids is 1. The van der Waals surface area contributed by atoms with Gasteiger partial charge in [-0.3, -0.25) is 4.79 Å². The van der Waals surface area contributed by atoms with Crippen molar-refractivity contribution in [3.8, 4) is 0 Å². The number of thioether (sulfide) groups is 1. The van der Waals surface area contributed by atoms with Crippen molar-refractivity contribution >= 4 is 17.7 Å². The number of hydrogen-bond acceptors (Lipinski definition) is 3. The second-order valence-corrected chi connectivity index (χ2v) is 5.77. The summed E-state index contributed by atoms with van der Waals surface area (Å²) in [7, 11) is 0. The molecule has 0 aliphatic heterocycles. The van der Waals surface area contributed by atoms with Crippen LogP contribution in [0.1, 0.15) is 31.9 Å². The van der Waals surface area contributed by atoms with Gasteiger partial charge in [0.15, 0.2) is 5.16 Å². The minimum absolute atomic E-state index is 0.0789. The van der Waals surface area contributed by atoms with Gasteiger partial charge in [0.2, 0.25) is 0 Å². The van der Waals surface area contributed by atoms with Crippen LogP contribution in [0.2, 0.25) is 0 Å². The zero-order valence-electron chi connectivity index (χ0n) is 10.3. The van der Waals surface area contributed by atoms with Crippen molar-refractivity contribution < 1.29 is 9.90 Å². The van der Waals surface area contributed by atoms with E-state index < -0.39 is 5.97 Å². The van der Waals surface area contributed by atoms with Gasteiger partial charge in [-0.15, -0.1) is 0 Å². The summed E-state index contributed by atoms with van der Waals surface area (Å²) in [5, 5.41) is 9.54. The third kappa shape index (κ3) is 3.03. The van der Waals surface area contributed by atoms with Crippen LogP contribution in [-0.2, 0) is 11.3 Å². The first-order chi connectivity index (χ1) is 8.04. The molecule has 1 aromatic rings. The van der Waals surface area contributed by atoms with Gasteiger partial charge in [-0.05, 0) is 31.6 Å². The highest BCUT2D eigenvalue weighted by Gasteiger charge is 2.41. The lowest BCUT2D eigenvalue weighted by Gasteiger charge is -2.14. The smallest absolute Gasteiger partial charge is 0.313 e. The van der Waals surface area contributed by atoms with Gasteiger partial charge in [-0.1, -0.05) is 18.7 Å². The van der Waals surface area contributed by atoms with Crippen molar-refractivity contribution in [1.29, 1.82) is 0 Å². The van der Waals surface area contributed by atoms with Crippen LogP contribution in [0.3, 0.4) is 0 Å². The Morgan fingerprint density at radius 3 is 2.88 bits per heavy atom. The molecule has 4 nitrogen and oxygen atoms in total. The molecule has 1 fully saturated rings. The molecule has 1 aromatic heterocycles. The van der Waals surface area contributed by atoms with E-state index in [4.69, 9.17) is 5.11 Å². The van der Waals surface area contributed by atoms with E-state index in [0.717, 1.165) is 17.4 Å². The lowest BCUT2D eigenvalue weighted by Crippen LogP contribution is -2.11. The van der Waals surface area contributed by atoms with Gasteiger partial charge >= 0.3 is 5.97 Å². The Kier molecular flexibility index (Phi) is 3.47. The highest BCUT2D eigenvalue weighted by atomic mass is 32.2. The minimum Gasteiger partial charge on any atom is -0.481 e. The molecule has 1 heterocycles. The molecule has 5 heteroatoms. The SMILES string of the molecule is CCC1(Cn2cc(C)nc2SCC(=O)O)CC1. The lowest BCUT2D eigenvalue weighted by atomic mass is 10.0. The van der Waals surface area contributed by atoms with Gasteiger partial charge in [0.1, 0.15) is 0 Å². The van der Waals surface area contributed by atoms with E-state index in [1.165, 1.54) is 31.0 Å². The van der Waals surface area contributed by atoms with Gasteiger partial charge in [0.25, 0.3) is 0 Å². The Morgan fingerprint density at radius 2 is 2.35 bits per heavy atom. The maximum absolute atomic E-state index is 10.6. The number of carbonyl (C=O) groups is 1. The molecule has 0 amide bonds. The number of carboxylic acid groups (broad SMARTS) is 1. The Bertz CT molecular complexity index is 424. The first kappa shape index (κ1) is 12.5. The van der Waals surface area contributed by atoms with Gasteiger partial charge in [0.05, 0.1) is 11.4 Å². The second-order valence-electron chi connectivity index (χ2n) is 4.83. The van der Waals surface area contributed by atoms with Crippen LogP contribution in [0.5, 0.6) is 0 Å². The van der Waals surface area contributed by atoms with E-state index in [-0.39, 0.29) is 5.75 Å². The molecule has 1 aliphatic rings. The van der Waals surface area contributed by atoms with Crippen molar-refractivity contribution in [2.45, 2.75) is 44.8 Å². The van der Waals surface area contributed by atoms with Gasteiger partial charge in [-0.2, -0.15) is 0 Å². The molecular formula is C12H18N2O2S. The van der Waals surface area contributed by atoms with E-state index in [2.05, 4.69) is 16.5 Å². The van der Waals surface area contributed by atoms with Crippen LogP contribution in [0.25, 0.3) is 0 Å². The second kappa shape index (κ2) is 4.72. The van der Waals surface area contributed by atoms with Crippen molar-refractivity contribution in [3.63, 3.8) is 0 Å². The molecular weight excluding hydrogens is 236 g/mol. The zero-order valence-corrected chi connectivity index (χ0v) is 11.1. The Balaban J connectivity index is 2.07. The van der Waals surface area contributed by atoms with E-state index in [1.807, 2.05) is 13.1 Å². The standard InChI is InChI=1S/C12H18N2O2S/c1-3-12(4-5-12)8-14-6-9(2)13-11(14)17-7-10(15)16/h6H,3-5,7-8H2,1-2H3,(H,15,16). The van der Waals surface area contributed by atoms with Crippen molar-refractivity contribution in [2.24, 2.45) is 5.41 Å². The highest BCUT2D eigenvalue weighted by molar-refractivity contribution is 7.99. The van der Waals surface area contributed by atoms with Gasteiger partial charge in [0, 0.05) is 12.7 Å². The number of aromatic nitrogens is 2. The molecule has 0 aromatic carbocycles. The molecule has 0 saturated heterocycles. The Hall–Kier alpha value is -0.970. The minimum atomic E-state index is -0.793. The summed E-state index contributed by atoms with van der Waals surface area (Å²) >= 11 is 1.31. The summed E-state index contributed by atoms with van der Waals surface area (Å²) in [5.74, 6) is -0.714. The first-order valence-electron chi connectivity index (χ1n) is 5.93. The largest absolute Gasteiger partial charge is 0.481 e. The quantitative estimate of drug-likeness (QED) is 0.793. The van der Waals surface area contributed by atoms with Crippen molar-refractivity contribution in [3.05, 3.63) is 11.9 Å². The number of hydrogen-bond donors (Lipinski definition) is 1. The van der Waals surface area contributed by atoms with Crippen molar-refractivity contribution in [2.75, 3.05) is 5.75 Å². The Labute approximate surface area is 105 Å². The van der Waals surface area contributed by atoms with Gasteiger partial charge < -0.3 is 9.67 Å². The van der Waals surface area contributed by atoms with Gasteiger partial charge in [-0.25, -0.2) is 4.98 Å². The molecule has 1 N–H and O–H groups in total.